The van der Waals surface area contributed by atoms with Gasteiger partial charge in [0.05, 0.1) is 0 Å². The molecule has 1 N–H and O–H groups in total. The summed E-state index contributed by atoms with van der Waals surface area (Å²) in [4.78, 5) is 17.8. The van der Waals surface area contributed by atoms with Crippen molar-refractivity contribution in [3.05, 3.63) is 0 Å². The van der Waals surface area contributed by atoms with Gasteiger partial charge in [-0.15, -0.1) is 0 Å². The molecule has 18 heavy (non-hydrogen) atoms. The Morgan fingerprint density at radius 3 is 1.44 bits per heavy atom. The van der Waals surface area contributed by atoms with Gasteiger partial charge in [-0.05, 0) is 20.3 Å². The number of hydrogen-bond acceptors (Lipinski definition) is 5. The molecule has 0 aliphatic rings. The van der Waals surface area contributed by atoms with Crippen LogP contribution in [0.2, 0.25) is 0 Å². The van der Waals surface area contributed by atoms with E-state index in [1.165, 1.54) is 32.1 Å². The van der Waals surface area contributed by atoms with E-state index in [2.05, 4.69) is 6.92 Å². The Morgan fingerprint density at radius 1 is 0.889 bits per heavy atom. The summed E-state index contributed by atoms with van der Waals surface area (Å²) >= 11 is 0. The van der Waals surface area contributed by atoms with Gasteiger partial charge in [-0.3, -0.25) is 0 Å². The van der Waals surface area contributed by atoms with Crippen molar-refractivity contribution in [1.29, 1.82) is 0 Å². The van der Waals surface area contributed by atoms with Crippen LogP contribution in [-0.2, 0) is 9.59 Å². The standard InChI is InChI=1S/C8H18O.2C2H4O2.Mg/c1-2-3-4-5-6-7-8-9;2*1-2(3)4;/h9H,2-8H2,1H3;2*1H3,(H,3,4);/q;;;+2/p-2. The molecule has 104 valence electrons. The Labute approximate surface area is 126 Å². The van der Waals surface area contributed by atoms with Gasteiger partial charge in [-0.1, -0.05) is 39.0 Å². The fourth-order valence-corrected chi connectivity index (χ4v) is 0.892. The number of unbranched alkanes of at least 4 members (excludes halogenated alkanes) is 5. The molecular weight excluding hydrogens is 248 g/mol. The molecule has 0 bridgehead atoms. The van der Waals surface area contributed by atoms with Crippen molar-refractivity contribution >= 4 is 35.0 Å². The van der Waals surface area contributed by atoms with Crippen molar-refractivity contribution in [2.45, 2.75) is 59.3 Å². The summed E-state index contributed by atoms with van der Waals surface area (Å²) in [6, 6.07) is 0. The molecule has 5 nitrogen and oxygen atoms in total. The summed E-state index contributed by atoms with van der Waals surface area (Å²) in [5.41, 5.74) is 0. The minimum atomic E-state index is -1.08. The average Bonchev–Trinajstić information content (AvgIpc) is 2.16. The van der Waals surface area contributed by atoms with E-state index < -0.39 is 11.9 Å². The van der Waals surface area contributed by atoms with Crippen molar-refractivity contribution < 1.29 is 24.9 Å². The Bertz CT molecular complexity index is 148. The summed E-state index contributed by atoms with van der Waals surface area (Å²) in [5, 5.41) is 26.2. The number of rotatable bonds is 6. The van der Waals surface area contributed by atoms with E-state index in [0.29, 0.717) is 6.61 Å². The normalized spacial score (nSPS) is 7.78. The molecule has 0 aromatic heterocycles. The van der Waals surface area contributed by atoms with Gasteiger partial charge in [0.1, 0.15) is 0 Å². The molecule has 0 heterocycles. The van der Waals surface area contributed by atoms with E-state index in [9.17, 15) is 0 Å². The van der Waals surface area contributed by atoms with Crippen LogP contribution in [0.3, 0.4) is 0 Å². The van der Waals surface area contributed by atoms with Crippen LogP contribution in [0.15, 0.2) is 0 Å². The van der Waals surface area contributed by atoms with Crippen molar-refractivity contribution in [2.24, 2.45) is 0 Å². The molecule has 0 unspecified atom stereocenters. The number of carbonyl (C=O) groups is 2. The average molecular weight is 273 g/mol. The predicted octanol–water partition coefficient (Wildman–Crippen LogP) is -0.529. The van der Waals surface area contributed by atoms with E-state index in [4.69, 9.17) is 24.9 Å². The Kier molecular flexibility index (Phi) is 37.2. The molecule has 0 rings (SSSR count). The van der Waals surface area contributed by atoms with Gasteiger partial charge >= 0.3 is 23.1 Å². The molecule has 0 saturated heterocycles. The zero-order valence-electron chi connectivity index (χ0n) is 11.7. The van der Waals surface area contributed by atoms with Crippen molar-refractivity contribution in [1.82, 2.24) is 0 Å². The molecule has 0 fully saturated rings. The monoisotopic (exact) mass is 272 g/mol. The third-order valence-electron chi connectivity index (χ3n) is 1.51. The summed E-state index contributed by atoms with van der Waals surface area (Å²) < 4.78 is 0. The molecule has 0 amide bonds. The van der Waals surface area contributed by atoms with Crippen molar-refractivity contribution in [3.63, 3.8) is 0 Å². The quantitative estimate of drug-likeness (QED) is 0.517. The molecule has 0 aromatic carbocycles. The van der Waals surface area contributed by atoms with Crippen LogP contribution < -0.4 is 10.2 Å². The Hall–Kier alpha value is -0.334. The van der Waals surface area contributed by atoms with E-state index in [-0.39, 0.29) is 23.1 Å². The molecular formula is C12H24MgO5. The first-order valence-corrected chi connectivity index (χ1v) is 5.84. The number of carbonyl (C=O) groups excluding carboxylic acids is 2. The number of carboxylic acids is 2. The van der Waals surface area contributed by atoms with Gasteiger partial charge in [-0.2, -0.15) is 0 Å². The first kappa shape index (κ1) is 26.3. The Balaban J connectivity index is -0.0000000922. The molecule has 0 radical (unpaired) electrons. The number of aliphatic hydroxyl groups is 1. The number of aliphatic carboxylic acids is 2. The molecule has 0 aliphatic carbocycles. The van der Waals surface area contributed by atoms with Crippen molar-refractivity contribution in [2.75, 3.05) is 6.61 Å². The second-order valence-corrected chi connectivity index (χ2v) is 3.47. The number of hydrogen-bond donors (Lipinski definition) is 1. The molecule has 0 atom stereocenters. The van der Waals surface area contributed by atoms with Crippen LogP contribution >= 0.6 is 0 Å². The van der Waals surface area contributed by atoms with Crippen LogP contribution in [0.4, 0.5) is 0 Å². The SMILES string of the molecule is CC(=O)[O-].CC(=O)[O-].CCCCCCCCO.[Mg+2]. The van der Waals surface area contributed by atoms with E-state index in [0.717, 1.165) is 20.3 Å². The maximum Gasteiger partial charge on any atom is 2.00 e. The van der Waals surface area contributed by atoms with Gasteiger partial charge in [0.2, 0.25) is 0 Å². The smallest absolute Gasteiger partial charge is 0.550 e. The second kappa shape index (κ2) is 25.5. The maximum absolute atomic E-state index is 8.89. The van der Waals surface area contributed by atoms with Crippen LogP contribution in [0.25, 0.3) is 0 Å². The predicted molar refractivity (Wildman–Crippen MR) is 67.6 cm³/mol. The molecule has 0 spiro atoms. The van der Waals surface area contributed by atoms with E-state index in [1.54, 1.807) is 0 Å². The maximum atomic E-state index is 8.89. The third kappa shape index (κ3) is 105. The minimum Gasteiger partial charge on any atom is -0.550 e. The van der Waals surface area contributed by atoms with Crippen molar-refractivity contribution in [3.8, 4) is 0 Å². The van der Waals surface area contributed by atoms with Crippen LogP contribution in [-0.4, -0.2) is 46.7 Å². The van der Waals surface area contributed by atoms with Gasteiger partial charge in [0.25, 0.3) is 0 Å². The fourth-order valence-electron chi connectivity index (χ4n) is 0.892. The second-order valence-electron chi connectivity index (χ2n) is 3.47. The molecule has 0 aliphatic heterocycles. The van der Waals surface area contributed by atoms with Gasteiger partial charge in [-0.25, -0.2) is 0 Å². The van der Waals surface area contributed by atoms with Gasteiger partial charge in [0.15, 0.2) is 0 Å². The Morgan fingerprint density at radius 2 is 1.17 bits per heavy atom. The van der Waals surface area contributed by atoms with Gasteiger partial charge in [0, 0.05) is 18.5 Å². The third-order valence-corrected chi connectivity index (χ3v) is 1.51. The number of aliphatic hydroxyl groups excluding tert-OH is 1. The van der Waals surface area contributed by atoms with E-state index >= 15 is 0 Å². The first-order valence-electron chi connectivity index (χ1n) is 5.84. The summed E-state index contributed by atoms with van der Waals surface area (Å²) in [6.07, 6.45) is 7.50. The summed E-state index contributed by atoms with van der Waals surface area (Å²) in [5.74, 6) is -2.17. The fraction of sp³-hybridized carbons (Fsp3) is 0.833. The van der Waals surface area contributed by atoms with Crippen LogP contribution in [0.5, 0.6) is 0 Å². The summed E-state index contributed by atoms with van der Waals surface area (Å²) in [6.45, 7) is 4.53. The molecule has 6 heteroatoms. The number of carboxylic acid groups (broad SMARTS) is 2. The van der Waals surface area contributed by atoms with Crippen LogP contribution in [0.1, 0.15) is 59.3 Å². The minimum absolute atomic E-state index is 0. The topological polar surface area (TPSA) is 100 Å². The zero-order valence-corrected chi connectivity index (χ0v) is 13.2. The van der Waals surface area contributed by atoms with E-state index in [1.807, 2.05) is 0 Å². The van der Waals surface area contributed by atoms with Gasteiger partial charge < -0.3 is 24.9 Å². The van der Waals surface area contributed by atoms with Crippen LogP contribution in [0, 0.1) is 0 Å². The zero-order chi connectivity index (χ0) is 14.1. The largest absolute Gasteiger partial charge is 2.00 e. The first-order chi connectivity index (χ1) is 7.88. The molecule has 0 saturated carbocycles. The summed E-state index contributed by atoms with van der Waals surface area (Å²) in [7, 11) is 0. The molecule has 0 aromatic rings.